The number of amides is 2. The zero-order valence-electron chi connectivity index (χ0n) is 13.9. The predicted molar refractivity (Wildman–Crippen MR) is 102 cm³/mol. The zero-order chi connectivity index (χ0) is 18.4. The number of hydrogen-bond donors (Lipinski definition) is 2. The number of hydrazone groups is 1. The van der Waals surface area contributed by atoms with Crippen molar-refractivity contribution in [3.63, 3.8) is 0 Å². The van der Waals surface area contributed by atoms with Crippen molar-refractivity contribution in [3.05, 3.63) is 64.1 Å². The van der Waals surface area contributed by atoms with Gasteiger partial charge in [0.05, 0.1) is 6.21 Å². The van der Waals surface area contributed by atoms with Gasteiger partial charge in [0, 0.05) is 16.1 Å². The maximum atomic E-state index is 11.6. The van der Waals surface area contributed by atoms with E-state index in [1.54, 1.807) is 0 Å². The molecule has 1 aliphatic rings. The molecule has 0 saturated heterocycles. The van der Waals surface area contributed by atoms with Crippen molar-refractivity contribution < 1.29 is 14.3 Å². The SMILES string of the molecule is O=C(N/N=C\c1ccccc1OCc1ccc(Br)cc1)C(=O)NC1CC1. The van der Waals surface area contributed by atoms with Crippen LogP contribution in [0.15, 0.2) is 58.1 Å². The van der Waals surface area contributed by atoms with Crippen molar-refractivity contribution in [1.29, 1.82) is 0 Å². The summed E-state index contributed by atoms with van der Waals surface area (Å²) in [6, 6.07) is 15.3. The standard InChI is InChI=1S/C19H18BrN3O3/c20-15-7-5-13(6-8-15)12-26-17-4-2-1-3-14(17)11-21-23-19(25)18(24)22-16-9-10-16/h1-8,11,16H,9-10,12H2,(H,22,24)(H,23,25)/b21-11-. The van der Waals surface area contributed by atoms with Crippen molar-refractivity contribution in [2.24, 2.45) is 5.10 Å². The molecule has 2 aromatic rings. The van der Waals surface area contributed by atoms with E-state index >= 15 is 0 Å². The number of hydrogen-bond acceptors (Lipinski definition) is 4. The zero-order valence-corrected chi connectivity index (χ0v) is 15.5. The molecule has 2 amide bonds. The molecule has 0 spiro atoms. The first-order chi connectivity index (χ1) is 12.6. The molecule has 0 aliphatic heterocycles. The molecule has 0 heterocycles. The van der Waals surface area contributed by atoms with Crippen molar-refractivity contribution >= 4 is 34.0 Å². The number of nitrogens with zero attached hydrogens (tertiary/aromatic N) is 1. The van der Waals surface area contributed by atoms with Crippen LogP contribution in [0.5, 0.6) is 5.75 Å². The molecule has 3 rings (SSSR count). The largest absolute Gasteiger partial charge is 0.488 e. The Hall–Kier alpha value is -2.67. The van der Waals surface area contributed by atoms with E-state index in [9.17, 15) is 9.59 Å². The van der Waals surface area contributed by atoms with Crippen molar-refractivity contribution in [2.75, 3.05) is 0 Å². The van der Waals surface area contributed by atoms with Crippen LogP contribution < -0.4 is 15.5 Å². The van der Waals surface area contributed by atoms with E-state index in [2.05, 4.69) is 31.8 Å². The van der Waals surface area contributed by atoms with Gasteiger partial charge in [-0.05, 0) is 42.7 Å². The monoisotopic (exact) mass is 415 g/mol. The highest BCUT2D eigenvalue weighted by atomic mass is 79.9. The molecule has 0 radical (unpaired) electrons. The Labute approximate surface area is 159 Å². The number of carbonyl (C=O) groups excluding carboxylic acids is 2. The highest BCUT2D eigenvalue weighted by Gasteiger charge is 2.26. The van der Waals surface area contributed by atoms with Gasteiger partial charge in [-0.2, -0.15) is 5.10 Å². The minimum absolute atomic E-state index is 0.130. The van der Waals surface area contributed by atoms with Gasteiger partial charge < -0.3 is 10.1 Å². The summed E-state index contributed by atoms with van der Waals surface area (Å²) in [6.07, 6.45) is 3.30. The molecule has 7 heteroatoms. The first kappa shape index (κ1) is 18.1. The molecular formula is C19H18BrN3O3. The highest BCUT2D eigenvalue weighted by molar-refractivity contribution is 9.10. The fourth-order valence-corrected chi connectivity index (χ4v) is 2.41. The minimum Gasteiger partial charge on any atom is -0.488 e. The van der Waals surface area contributed by atoms with E-state index in [0.717, 1.165) is 22.9 Å². The van der Waals surface area contributed by atoms with E-state index in [0.29, 0.717) is 17.9 Å². The summed E-state index contributed by atoms with van der Waals surface area (Å²) >= 11 is 3.40. The van der Waals surface area contributed by atoms with Gasteiger partial charge in [-0.1, -0.05) is 40.2 Å². The third-order valence-corrected chi connectivity index (χ3v) is 4.24. The molecule has 2 N–H and O–H groups in total. The third-order valence-electron chi connectivity index (χ3n) is 3.72. The second kappa shape index (κ2) is 8.62. The lowest BCUT2D eigenvalue weighted by Gasteiger charge is -2.09. The van der Waals surface area contributed by atoms with Gasteiger partial charge in [0.15, 0.2) is 0 Å². The van der Waals surface area contributed by atoms with Crippen molar-refractivity contribution in [2.45, 2.75) is 25.5 Å². The quantitative estimate of drug-likeness (QED) is 0.432. The Bertz CT molecular complexity index is 817. The second-order valence-electron chi connectivity index (χ2n) is 5.90. The molecule has 134 valence electrons. The molecule has 0 unspecified atom stereocenters. The van der Waals surface area contributed by atoms with Crippen LogP contribution in [-0.2, 0) is 16.2 Å². The summed E-state index contributed by atoms with van der Waals surface area (Å²) in [5.41, 5.74) is 3.96. The van der Waals surface area contributed by atoms with Gasteiger partial charge in [-0.15, -0.1) is 0 Å². The lowest BCUT2D eigenvalue weighted by Crippen LogP contribution is -2.38. The van der Waals surface area contributed by atoms with Crippen LogP contribution in [0.1, 0.15) is 24.0 Å². The van der Waals surface area contributed by atoms with Crippen LogP contribution in [0.3, 0.4) is 0 Å². The molecule has 1 fully saturated rings. The number of rotatable bonds is 6. The Morgan fingerprint density at radius 2 is 1.85 bits per heavy atom. The fraction of sp³-hybridized carbons (Fsp3) is 0.211. The fourth-order valence-electron chi connectivity index (χ4n) is 2.15. The summed E-state index contributed by atoms with van der Waals surface area (Å²) in [5.74, 6) is -0.804. The topological polar surface area (TPSA) is 79.8 Å². The lowest BCUT2D eigenvalue weighted by molar-refractivity contribution is -0.139. The number of ether oxygens (including phenoxy) is 1. The van der Waals surface area contributed by atoms with Crippen LogP contribution in [0.25, 0.3) is 0 Å². The van der Waals surface area contributed by atoms with Gasteiger partial charge in [-0.3, -0.25) is 9.59 Å². The highest BCUT2D eigenvalue weighted by Crippen LogP contribution is 2.19. The molecule has 1 saturated carbocycles. The number of halogens is 1. The Balaban J connectivity index is 1.56. The molecule has 6 nitrogen and oxygen atoms in total. The van der Waals surface area contributed by atoms with E-state index < -0.39 is 11.8 Å². The summed E-state index contributed by atoms with van der Waals surface area (Å²) in [5, 5.41) is 6.45. The number of carbonyl (C=O) groups is 2. The first-order valence-corrected chi connectivity index (χ1v) is 9.01. The lowest BCUT2D eigenvalue weighted by atomic mass is 10.2. The normalized spacial score (nSPS) is 13.4. The maximum absolute atomic E-state index is 11.6. The smallest absolute Gasteiger partial charge is 0.329 e. The predicted octanol–water partition coefficient (Wildman–Crippen LogP) is 2.76. The van der Waals surface area contributed by atoms with Crippen LogP contribution in [0, 0.1) is 0 Å². The van der Waals surface area contributed by atoms with Gasteiger partial charge in [0.25, 0.3) is 0 Å². The van der Waals surface area contributed by atoms with Crippen LogP contribution in [-0.4, -0.2) is 24.1 Å². The number of benzene rings is 2. The summed E-state index contributed by atoms with van der Waals surface area (Å²) in [6.45, 7) is 0.411. The molecule has 0 atom stereocenters. The Morgan fingerprint density at radius 1 is 1.12 bits per heavy atom. The molecule has 1 aliphatic carbocycles. The van der Waals surface area contributed by atoms with Gasteiger partial charge in [-0.25, -0.2) is 5.43 Å². The molecule has 0 bridgehead atoms. The molecule has 26 heavy (non-hydrogen) atoms. The molecule has 0 aromatic heterocycles. The Morgan fingerprint density at radius 3 is 2.58 bits per heavy atom. The molecule has 2 aromatic carbocycles. The summed E-state index contributed by atoms with van der Waals surface area (Å²) < 4.78 is 6.84. The van der Waals surface area contributed by atoms with E-state index in [-0.39, 0.29) is 6.04 Å². The van der Waals surface area contributed by atoms with E-state index in [4.69, 9.17) is 4.74 Å². The molecular weight excluding hydrogens is 398 g/mol. The van der Waals surface area contributed by atoms with Gasteiger partial charge in [0.2, 0.25) is 0 Å². The number of nitrogens with one attached hydrogen (secondary N) is 2. The van der Waals surface area contributed by atoms with Crippen molar-refractivity contribution in [1.82, 2.24) is 10.7 Å². The number of para-hydroxylation sites is 1. The third kappa shape index (κ3) is 5.42. The summed E-state index contributed by atoms with van der Waals surface area (Å²) in [4.78, 5) is 23.2. The second-order valence-corrected chi connectivity index (χ2v) is 6.82. The van der Waals surface area contributed by atoms with Crippen LogP contribution in [0.2, 0.25) is 0 Å². The maximum Gasteiger partial charge on any atom is 0.329 e. The van der Waals surface area contributed by atoms with Crippen molar-refractivity contribution in [3.8, 4) is 5.75 Å². The average Bonchev–Trinajstić information content (AvgIpc) is 3.46. The first-order valence-electron chi connectivity index (χ1n) is 8.22. The van der Waals surface area contributed by atoms with Gasteiger partial charge >= 0.3 is 11.8 Å². The Kier molecular flexibility index (Phi) is 6.01. The van der Waals surface area contributed by atoms with E-state index in [1.165, 1.54) is 6.21 Å². The average molecular weight is 416 g/mol. The minimum atomic E-state index is -0.776. The van der Waals surface area contributed by atoms with E-state index in [1.807, 2.05) is 48.5 Å². The van der Waals surface area contributed by atoms with Gasteiger partial charge in [0.1, 0.15) is 12.4 Å². The summed E-state index contributed by atoms with van der Waals surface area (Å²) in [7, 11) is 0. The van der Waals surface area contributed by atoms with Crippen LogP contribution in [0.4, 0.5) is 0 Å². The van der Waals surface area contributed by atoms with Crippen LogP contribution >= 0.6 is 15.9 Å².